The van der Waals surface area contributed by atoms with Crippen LogP contribution in [0.5, 0.6) is 0 Å². The van der Waals surface area contributed by atoms with Crippen LogP contribution in [-0.4, -0.2) is 17.4 Å². The fourth-order valence-corrected chi connectivity index (χ4v) is 2.23. The number of amides is 1. The number of nitrogens with one attached hydrogen (secondary N) is 2. The van der Waals surface area contributed by atoms with Gasteiger partial charge in [0.15, 0.2) is 0 Å². The molecule has 21 heavy (non-hydrogen) atoms. The highest BCUT2D eigenvalue weighted by Crippen LogP contribution is 2.29. The molecule has 0 atom stereocenters. The van der Waals surface area contributed by atoms with Crippen molar-refractivity contribution in [3.8, 4) is 0 Å². The maximum Gasteiger partial charge on any atom is 0.225 e. The maximum atomic E-state index is 11.8. The Morgan fingerprint density at radius 2 is 1.86 bits per heavy atom. The van der Waals surface area contributed by atoms with Gasteiger partial charge in [0.05, 0.1) is 21.4 Å². The van der Waals surface area contributed by atoms with Crippen molar-refractivity contribution in [1.82, 2.24) is 10.3 Å². The monoisotopic (exact) mass is 323 g/mol. The lowest BCUT2D eigenvalue weighted by atomic mass is 10.3. The molecule has 0 spiro atoms. The van der Waals surface area contributed by atoms with Gasteiger partial charge in [-0.25, -0.2) is 0 Å². The highest BCUT2D eigenvalue weighted by atomic mass is 35.5. The Labute approximate surface area is 133 Å². The number of benzene rings is 1. The molecule has 0 aliphatic rings. The van der Waals surface area contributed by atoms with Crippen LogP contribution in [0.1, 0.15) is 12.1 Å². The molecule has 1 aromatic heterocycles. The lowest BCUT2D eigenvalue weighted by molar-refractivity contribution is -0.116. The zero-order valence-electron chi connectivity index (χ0n) is 11.3. The topological polar surface area (TPSA) is 54.0 Å². The maximum absolute atomic E-state index is 11.8. The van der Waals surface area contributed by atoms with Crippen LogP contribution in [-0.2, 0) is 11.3 Å². The molecule has 0 unspecified atom stereocenters. The van der Waals surface area contributed by atoms with Crippen LogP contribution in [0, 0.1) is 0 Å². The standard InChI is InChI=1S/C15H15Cl2N3O/c16-12-5-3-6-13(17)15(12)20-14(21)7-9-18-10-11-4-1-2-8-19-11/h1-6,8,18H,7,9-10H2,(H,20,21). The molecule has 0 bridgehead atoms. The van der Waals surface area contributed by atoms with E-state index in [9.17, 15) is 4.79 Å². The Bertz CT molecular complexity index is 585. The largest absolute Gasteiger partial charge is 0.324 e. The van der Waals surface area contributed by atoms with Gasteiger partial charge >= 0.3 is 0 Å². The second-order valence-corrected chi connectivity index (χ2v) is 5.21. The van der Waals surface area contributed by atoms with Gasteiger partial charge in [0.2, 0.25) is 5.91 Å². The second-order valence-electron chi connectivity index (χ2n) is 4.39. The number of aromatic nitrogens is 1. The van der Waals surface area contributed by atoms with Gasteiger partial charge in [0, 0.05) is 25.7 Å². The number of rotatable bonds is 6. The Balaban J connectivity index is 1.75. The van der Waals surface area contributed by atoms with Crippen LogP contribution in [0.2, 0.25) is 10.0 Å². The summed E-state index contributed by atoms with van der Waals surface area (Å²) in [4.78, 5) is 16.0. The van der Waals surface area contributed by atoms with Crippen molar-refractivity contribution in [2.75, 3.05) is 11.9 Å². The molecule has 0 aliphatic heterocycles. The number of hydrogen-bond acceptors (Lipinski definition) is 3. The van der Waals surface area contributed by atoms with E-state index in [2.05, 4.69) is 15.6 Å². The van der Waals surface area contributed by atoms with E-state index in [1.807, 2.05) is 18.2 Å². The molecule has 1 amide bonds. The molecular formula is C15H15Cl2N3O. The number of carbonyl (C=O) groups is 1. The van der Waals surface area contributed by atoms with Gasteiger partial charge < -0.3 is 10.6 Å². The van der Waals surface area contributed by atoms with Crippen molar-refractivity contribution in [3.63, 3.8) is 0 Å². The van der Waals surface area contributed by atoms with Crippen molar-refractivity contribution in [2.45, 2.75) is 13.0 Å². The van der Waals surface area contributed by atoms with Gasteiger partial charge in [0.25, 0.3) is 0 Å². The third-order valence-electron chi connectivity index (χ3n) is 2.79. The first-order valence-corrected chi connectivity index (χ1v) is 7.27. The molecule has 0 fully saturated rings. The highest BCUT2D eigenvalue weighted by molar-refractivity contribution is 6.39. The molecule has 2 aromatic rings. The summed E-state index contributed by atoms with van der Waals surface area (Å²) in [6.45, 7) is 1.17. The summed E-state index contributed by atoms with van der Waals surface area (Å²) in [6.07, 6.45) is 2.07. The van der Waals surface area contributed by atoms with Crippen LogP contribution in [0.25, 0.3) is 0 Å². The Hall–Kier alpha value is -1.62. The van der Waals surface area contributed by atoms with Gasteiger partial charge in [-0.15, -0.1) is 0 Å². The first kappa shape index (κ1) is 15.8. The summed E-state index contributed by atoms with van der Waals surface area (Å²) < 4.78 is 0. The lowest BCUT2D eigenvalue weighted by Gasteiger charge is -2.09. The van der Waals surface area contributed by atoms with Crippen LogP contribution < -0.4 is 10.6 Å². The van der Waals surface area contributed by atoms with Crippen LogP contribution in [0.4, 0.5) is 5.69 Å². The number of anilines is 1. The number of nitrogens with zero attached hydrogens (tertiary/aromatic N) is 1. The molecule has 110 valence electrons. The van der Waals surface area contributed by atoms with E-state index in [1.165, 1.54) is 0 Å². The number of hydrogen-bond donors (Lipinski definition) is 2. The van der Waals surface area contributed by atoms with Crippen molar-refractivity contribution in [2.24, 2.45) is 0 Å². The quantitative estimate of drug-likeness (QED) is 0.800. The molecule has 1 aromatic carbocycles. The van der Waals surface area contributed by atoms with E-state index in [4.69, 9.17) is 23.2 Å². The molecule has 6 heteroatoms. The van der Waals surface area contributed by atoms with Crippen LogP contribution in [0.15, 0.2) is 42.6 Å². The number of para-hydroxylation sites is 1. The first-order valence-electron chi connectivity index (χ1n) is 6.51. The van der Waals surface area contributed by atoms with E-state index >= 15 is 0 Å². The van der Waals surface area contributed by atoms with E-state index in [1.54, 1.807) is 24.4 Å². The molecular weight excluding hydrogens is 309 g/mol. The molecule has 0 radical (unpaired) electrons. The third-order valence-corrected chi connectivity index (χ3v) is 3.42. The zero-order chi connectivity index (χ0) is 15.1. The molecule has 4 nitrogen and oxygen atoms in total. The molecule has 0 saturated heterocycles. The van der Waals surface area contributed by atoms with E-state index in [0.29, 0.717) is 35.2 Å². The number of pyridine rings is 1. The van der Waals surface area contributed by atoms with E-state index in [-0.39, 0.29) is 5.91 Å². The Kier molecular flexibility index (Phi) is 5.99. The van der Waals surface area contributed by atoms with Gasteiger partial charge in [-0.3, -0.25) is 9.78 Å². The summed E-state index contributed by atoms with van der Waals surface area (Å²) in [7, 11) is 0. The highest BCUT2D eigenvalue weighted by Gasteiger charge is 2.09. The second kappa shape index (κ2) is 7.98. The average Bonchev–Trinajstić information content (AvgIpc) is 2.49. The van der Waals surface area contributed by atoms with Crippen LogP contribution >= 0.6 is 23.2 Å². The summed E-state index contributed by atoms with van der Waals surface area (Å²) >= 11 is 12.0. The van der Waals surface area contributed by atoms with Crippen molar-refractivity contribution < 1.29 is 4.79 Å². The minimum Gasteiger partial charge on any atom is -0.324 e. The third kappa shape index (κ3) is 5.01. The number of halogens is 2. The molecule has 2 rings (SSSR count). The predicted octanol–water partition coefficient (Wildman–Crippen LogP) is 3.51. The summed E-state index contributed by atoms with van der Waals surface area (Å²) in [5.74, 6) is -0.140. The zero-order valence-corrected chi connectivity index (χ0v) is 12.8. The van der Waals surface area contributed by atoms with Crippen LogP contribution in [0.3, 0.4) is 0 Å². The minimum absolute atomic E-state index is 0.140. The van der Waals surface area contributed by atoms with E-state index < -0.39 is 0 Å². The molecule has 0 aliphatic carbocycles. The average molecular weight is 324 g/mol. The summed E-state index contributed by atoms with van der Waals surface area (Å²) in [6, 6.07) is 10.8. The molecule has 0 saturated carbocycles. The first-order chi connectivity index (χ1) is 10.2. The Morgan fingerprint density at radius 3 is 2.52 bits per heavy atom. The minimum atomic E-state index is -0.140. The fourth-order valence-electron chi connectivity index (χ4n) is 1.74. The lowest BCUT2D eigenvalue weighted by Crippen LogP contribution is -2.22. The fraction of sp³-hybridized carbons (Fsp3) is 0.200. The smallest absolute Gasteiger partial charge is 0.225 e. The van der Waals surface area contributed by atoms with Crippen molar-refractivity contribution >= 4 is 34.8 Å². The molecule has 2 N–H and O–H groups in total. The predicted molar refractivity (Wildman–Crippen MR) is 85.7 cm³/mol. The van der Waals surface area contributed by atoms with Crippen molar-refractivity contribution in [1.29, 1.82) is 0 Å². The van der Waals surface area contributed by atoms with E-state index in [0.717, 1.165) is 5.69 Å². The SMILES string of the molecule is O=C(CCNCc1ccccn1)Nc1c(Cl)cccc1Cl. The van der Waals surface area contributed by atoms with Gasteiger partial charge in [-0.05, 0) is 24.3 Å². The van der Waals surface area contributed by atoms with Gasteiger partial charge in [-0.2, -0.15) is 0 Å². The normalized spacial score (nSPS) is 10.4. The van der Waals surface area contributed by atoms with Crippen molar-refractivity contribution in [3.05, 3.63) is 58.3 Å². The Morgan fingerprint density at radius 1 is 1.10 bits per heavy atom. The molecule has 1 heterocycles. The number of carbonyl (C=O) groups excluding carboxylic acids is 1. The summed E-state index contributed by atoms with van der Waals surface area (Å²) in [5, 5.41) is 6.73. The van der Waals surface area contributed by atoms with Gasteiger partial charge in [-0.1, -0.05) is 35.3 Å². The van der Waals surface area contributed by atoms with Gasteiger partial charge in [0.1, 0.15) is 0 Å². The summed E-state index contributed by atoms with van der Waals surface area (Å²) in [5.41, 5.74) is 1.39.